The van der Waals surface area contributed by atoms with Crippen LogP contribution in [-0.2, 0) is 6.54 Å². The van der Waals surface area contributed by atoms with Crippen molar-refractivity contribution in [1.82, 2.24) is 10.2 Å². The Balaban J connectivity index is 2.00. The second-order valence-corrected chi connectivity index (χ2v) is 5.59. The third kappa shape index (κ3) is 3.93. The molecule has 2 rings (SSSR count). The number of benzene rings is 1. The predicted octanol–water partition coefficient (Wildman–Crippen LogP) is 4.49. The highest BCUT2D eigenvalue weighted by Crippen LogP contribution is 2.29. The predicted molar refractivity (Wildman–Crippen MR) is 83.6 cm³/mol. The van der Waals surface area contributed by atoms with E-state index in [1.807, 2.05) is 13.0 Å². The van der Waals surface area contributed by atoms with Crippen LogP contribution in [0.4, 0.5) is 4.79 Å². The Hall–Kier alpha value is -1.65. The Morgan fingerprint density at radius 1 is 1.38 bits per heavy atom. The number of hydrogen-bond donors (Lipinski definition) is 1. The van der Waals surface area contributed by atoms with Crippen LogP contribution in [0.25, 0.3) is 0 Å². The summed E-state index contributed by atoms with van der Waals surface area (Å²) in [4.78, 5) is 13.7. The van der Waals surface area contributed by atoms with Crippen LogP contribution in [-0.4, -0.2) is 18.0 Å². The van der Waals surface area contributed by atoms with Gasteiger partial charge in [0.15, 0.2) is 0 Å². The largest absolute Gasteiger partial charge is 0.472 e. The van der Waals surface area contributed by atoms with Crippen molar-refractivity contribution in [3.05, 3.63) is 58.0 Å². The number of nitrogens with one attached hydrogen (secondary N) is 1. The van der Waals surface area contributed by atoms with Crippen LogP contribution in [0.15, 0.2) is 41.2 Å². The number of urea groups is 1. The molecule has 0 spiro atoms. The molecule has 2 aromatic rings. The number of furan rings is 1. The van der Waals surface area contributed by atoms with Gasteiger partial charge in [0.1, 0.15) is 0 Å². The number of carbonyl (C=O) groups excluding carboxylic acids is 1. The Bertz CT molecular complexity index is 614. The molecule has 6 heteroatoms. The number of amides is 2. The first kappa shape index (κ1) is 15.7. The average Bonchev–Trinajstić information content (AvgIpc) is 2.96. The van der Waals surface area contributed by atoms with E-state index in [1.54, 1.807) is 42.7 Å². The topological polar surface area (TPSA) is 45.5 Å². The van der Waals surface area contributed by atoms with Crippen LogP contribution in [0.1, 0.15) is 24.1 Å². The average molecular weight is 327 g/mol. The minimum absolute atomic E-state index is 0.167. The summed E-state index contributed by atoms with van der Waals surface area (Å²) in [6, 6.07) is 6.71. The summed E-state index contributed by atoms with van der Waals surface area (Å²) in [5, 5.41) is 3.94. The van der Waals surface area contributed by atoms with E-state index in [0.29, 0.717) is 16.6 Å². The second kappa shape index (κ2) is 6.87. The number of nitrogens with zero attached hydrogens (tertiary/aromatic N) is 1. The summed E-state index contributed by atoms with van der Waals surface area (Å²) in [5.41, 5.74) is 1.76. The lowest BCUT2D eigenvalue weighted by Gasteiger charge is -2.26. The summed E-state index contributed by atoms with van der Waals surface area (Å²) in [6.07, 6.45) is 3.17. The summed E-state index contributed by atoms with van der Waals surface area (Å²) >= 11 is 12.1. The van der Waals surface area contributed by atoms with Crippen molar-refractivity contribution in [3.8, 4) is 0 Å². The zero-order valence-corrected chi connectivity index (χ0v) is 13.3. The summed E-state index contributed by atoms with van der Waals surface area (Å²) in [5.74, 6) is 0. The van der Waals surface area contributed by atoms with Crippen molar-refractivity contribution < 1.29 is 9.21 Å². The second-order valence-electron chi connectivity index (χ2n) is 4.74. The van der Waals surface area contributed by atoms with Crippen LogP contribution in [0.2, 0.25) is 10.0 Å². The third-order valence-electron chi connectivity index (χ3n) is 3.34. The lowest BCUT2D eigenvalue weighted by molar-refractivity contribution is 0.194. The molecule has 1 aromatic carbocycles. The molecule has 0 saturated heterocycles. The van der Waals surface area contributed by atoms with E-state index in [-0.39, 0.29) is 12.1 Å². The fraction of sp³-hybridized carbons (Fsp3) is 0.267. The van der Waals surface area contributed by atoms with E-state index >= 15 is 0 Å². The highest BCUT2D eigenvalue weighted by molar-refractivity contribution is 6.35. The van der Waals surface area contributed by atoms with Crippen LogP contribution in [0.5, 0.6) is 0 Å². The highest BCUT2D eigenvalue weighted by Gasteiger charge is 2.19. The fourth-order valence-corrected chi connectivity index (χ4v) is 2.49. The maximum absolute atomic E-state index is 12.1. The van der Waals surface area contributed by atoms with Crippen LogP contribution < -0.4 is 5.32 Å². The molecule has 1 N–H and O–H groups in total. The van der Waals surface area contributed by atoms with E-state index in [1.165, 1.54) is 0 Å². The van der Waals surface area contributed by atoms with Crippen molar-refractivity contribution in [1.29, 1.82) is 0 Å². The zero-order chi connectivity index (χ0) is 15.4. The SMILES string of the molecule is C[C@@H](c1ccc(Cl)cc1Cl)N(C)C(=O)NCc1ccoc1. The summed E-state index contributed by atoms with van der Waals surface area (Å²) < 4.78 is 4.96. The van der Waals surface area contributed by atoms with E-state index in [2.05, 4.69) is 5.32 Å². The third-order valence-corrected chi connectivity index (χ3v) is 3.90. The van der Waals surface area contributed by atoms with Gasteiger partial charge in [0, 0.05) is 29.2 Å². The normalized spacial score (nSPS) is 12.0. The van der Waals surface area contributed by atoms with Gasteiger partial charge in [-0.05, 0) is 30.7 Å². The summed E-state index contributed by atoms with van der Waals surface area (Å²) in [7, 11) is 1.72. The molecule has 0 unspecified atom stereocenters. The number of hydrogen-bond acceptors (Lipinski definition) is 2. The molecule has 112 valence electrons. The first-order valence-corrected chi connectivity index (χ1v) is 7.21. The van der Waals surface area contributed by atoms with Crippen molar-refractivity contribution in [2.75, 3.05) is 7.05 Å². The van der Waals surface area contributed by atoms with E-state index in [0.717, 1.165) is 11.1 Å². The van der Waals surface area contributed by atoms with Crippen molar-refractivity contribution in [2.45, 2.75) is 19.5 Å². The Morgan fingerprint density at radius 3 is 2.76 bits per heavy atom. The van der Waals surface area contributed by atoms with Crippen molar-refractivity contribution in [3.63, 3.8) is 0 Å². The molecule has 4 nitrogen and oxygen atoms in total. The minimum Gasteiger partial charge on any atom is -0.472 e. The van der Waals surface area contributed by atoms with Gasteiger partial charge in [-0.15, -0.1) is 0 Å². The van der Waals surface area contributed by atoms with Gasteiger partial charge in [-0.1, -0.05) is 29.3 Å². The Kier molecular flexibility index (Phi) is 5.15. The number of rotatable bonds is 4. The molecule has 0 bridgehead atoms. The first-order chi connectivity index (χ1) is 9.99. The molecule has 1 heterocycles. The molecule has 0 aliphatic heterocycles. The van der Waals surface area contributed by atoms with Gasteiger partial charge in [-0.3, -0.25) is 0 Å². The quantitative estimate of drug-likeness (QED) is 0.899. The van der Waals surface area contributed by atoms with Gasteiger partial charge in [0.2, 0.25) is 0 Å². The molecule has 2 amide bonds. The number of halogens is 2. The van der Waals surface area contributed by atoms with Gasteiger partial charge < -0.3 is 14.6 Å². The van der Waals surface area contributed by atoms with Crippen LogP contribution in [0.3, 0.4) is 0 Å². The molecule has 0 aliphatic carbocycles. The van der Waals surface area contributed by atoms with Gasteiger partial charge in [-0.2, -0.15) is 0 Å². The smallest absolute Gasteiger partial charge is 0.317 e. The molecular weight excluding hydrogens is 311 g/mol. The molecule has 1 atom stereocenters. The standard InChI is InChI=1S/C15H16Cl2N2O2/c1-10(13-4-3-12(16)7-14(13)17)19(2)15(20)18-8-11-5-6-21-9-11/h3-7,9-10H,8H2,1-2H3,(H,18,20)/t10-/m0/s1. The van der Waals surface area contributed by atoms with E-state index < -0.39 is 0 Å². The lowest BCUT2D eigenvalue weighted by Crippen LogP contribution is -2.38. The highest BCUT2D eigenvalue weighted by atomic mass is 35.5. The monoisotopic (exact) mass is 326 g/mol. The molecular formula is C15H16Cl2N2O2. The van der Waals surface area contributed by atoms with Crippen molar-refractivity contribution in [2.24, 2.45) is 0 Å². The molecule has 0 fully saturated rings. The molecule has 0 radical (unpaired) electrons. The molecule has 0 saturated carbocycles. The van der Waals surface area contributed by atoms with Gasteiger partial charge in [-0.25, -0.2) is 4.79 Å². The van der Waals surface area contributed by atoms with E-state index in [4.69, 9.17) is 27.6 Å². The summed E-state index contributed by atoms with van der Waals surface area (Å²) in [6.45, 7) is 2.33. The molecule has 0 aliphatic rings. The first-order valence-electron chi connectivity index (χ1n) is 6.45. The Labute approximate surface area is 133 Å². The Morgan fingerprint density at radius 2 is 2.14 bits per heavy atom. The fourth-order valence-electron chi connectivity index (χ4n) is 1.92. The van der Waals surface area contributed by atoms with Gasteiger partial charge >= 0.3 is 6.03 Å². The lowest BCUT2D eigenvalue weighted by atomic mass is 10.1. The zero-order valence-electron chi connectivity index (χ0n) is 11.8. The van der Waals surface area contributed by atoms with Crippen LogP contribution >= 0.6 is 23.2 Å². The number of carbonyl (C=O) groups is 1. The minimum atomic E-state index is -0.185. The van der Waals surface area contributed by atoms with Gasteiger partial charge in [0.05, 0.1) is 18.6 Å². The van der Waals surface area contributed by atoms with E-state index in [9.17, 15) is 4.79 Å². The van der Waals surface area contributed by atoms with Crippen molar-refractivity contribution >= 4 is 29.2 Å². The maximum atomic E-state index is 12.1. The van der Waals surface area contributed by atoms with Gasteiger partial charge in [0.25, 0.3) is 0 Å². The molecule has 1 aromatic heterocycles. The van der Waals surface area contributed by atoms with Crippen LogP contribution in [0, 0.1) is 0 Å². The molecule has 21 heavy (non-hydrogen) atoms. The maximum Gasteiger partial charge on any atom is 0.317 e.